The van der Waals surface area contributed by atoms with Gasteiger partial charge in [-0.2, -0.15) is 23.4 Å². The van der Waals surface area contributed by atoms with Gasteiger partial charge < -0.3 is 5.32 Å². The zero-order valence-corrected chi connectivity index (χ0v) is 22.4. The highest BCUT2D eigenvalue weighted by Gasteiger charge is 2.39. The number of imidazole rings is 1. The molecule has 206 valence electrons. The Morgan fingerprint density at radius 2 is 1.85 bits per heavy atom. The van der Waals surface area contributed by atoms with Crippen molar-refractivity contribution in [2.24, 2.45) is 0 Å². The van der Waals surface area contributed by atoms with E-state index in [4.69, 9.17) is 0 Å². The lowest BCUT2D eigenvalue weighted by Gasteiger charge is -2.13. The number of hydrogen-bond acceptors (Lipinski definition) is 7. The van der Waals surface area contributed by atoms with Crippen molar-refractivity contribution in [1.82, 2.24) is 34.5 Å². The van der Waals surface area contributed by atoms with Crippen molar-refractivity contribution in [2.45, 2.75) is 53.1 Å². The molecule has 12 heteroatoms. The molecule has 0 unspecified atom stereocenters. The summed E-state index contributed by atoms with van der Waals surface area (Å²) in [4.78, 5) is 21.7. The number of halogens is 3. The topological polar surface area (TPSA) is 103 Å². The number of aryl methyl sites for hydroxylation is 1. The lowest BCUT2D eigenvalue weighted by Crippen LogP contribution is -2.13. The second kappa shape index (κ2) is 10.5. The minimum atomic E-state index is -4.64. The van der Waals surface area contributed by atoms with Crippen molar-refractivity contribution in [2.75, 3.05) is 5.32 Å². The molecule has 0 amide bonds. The third-order valence-electron chi connectivity index (χ3n) is 6.50. The van der Waals surface area contributed by atoms with Crippen molar-refractivity contribution >= 4 is 28.3 Å². The van der Waals surface area contributed by atoms with Gasteiger partial charge in [-0.15, -0.1) is 5.10 Å². The molecule has 0 spiro atoms. The highest BCUT2D eigenvalue weighted by molar-refractivity contribution is 5.97. The summed E-state index contributed by atoms with van der Waals surface area (Å²) in [6, 6.07) is 12.4. The SMILES string of the molecule is CCCc1c(CC)c(C(F)(F)F)nn1-c1nc(-n2cnc3cc(Nc4ccc(C)nn4)ccc32)ccc1C(C)=O. The number of aromatic nitrogens is 7. The summed E-state index contributed by atoms with van der Waals surface area (Å²) in [6.07, 6.45) is -1.96. The standard InChI is InChI=1S/C28H27F3N8O/c1-5-7-22-19(6-2)26(28(29,30)31)37-39(22)27-20(17(4)40)10-13-25(34-27)38-15-32-21-14-18(9-11-23(21)38)33-24-12-8-16(3)35-36-24/h8-15H,5-7H2,1-4H3,(H,33,36). The van der Waals surface area contributed by atoms with Gasteiger partial charge in [0.1, 0.15) is 12.1 Å². The van der Waals surface area contributed by atoms with Gasteiger partial charge in [-0.1, -0.05) is 20.3 Å². The molecule has 0 aliphatic rings. The third kappa shape index (κ3) is 5.04. The monoisotopic (exact) mass is 548 g/mol. The average molecular weight is 549 g/mol. The van der Waals surface area contributed by atoms with Gasteiger partial charge in [0.15, 0.2) is 23.1 Å². The Balaban J connectivity index is 1.61. The zero-order valence-electron chi connectivity index (χ0n) is 22.4. The second-order valence-corrected chi connectivity index (χ2v) is 9.39. The van der Waals surface area contributed by atoms with Crippen LogP contribution in [0.2, 0.25) is 0 Å². The molecule has 5 aromatic rings. The van der Waals surface area contributed by atoms with Crippen LogP contribution >= 0.6 is 0 Å². The van der Waals surface area contributed by atoms with Crippen molar-refractivity contribution in [3.8, 4) is 11.6 Å². The molecule has 0 aliphatic carbocycles. The van der Waals surface area contributed by atoms with Crippen molar-refractivity contribution < 1.29 is 18.0 Å². The molecule has 4 aromatic heterocycles. The van der Waals surface area contributed by atoms with Gasteiger partial charge in [0, 0.05) is 16.9 Å². The molecule has 5 rings (SSSR count). The van der Waals surface area contributed by atoms with E-state index in [1.807, 2.05) is 44.2 Å². The Bertz CT molecular complexity index is 1700. The number of hydrogen-bond donors (Lipinski definition) is 1. The first kappa shape index (κ1) is 27.0. The largest absolute Gasteiger partial charge is 0.435 e. The van der Waals surface area contributed by atoms with Crippen LogP contribution in [-0.4, -0.2) is 40.3 Å². The van der Waals surface area contributed by atoms with Crippen LogP contribution in [0.15, 0.2) is 48.8 Å². The van der Waals surface area contributed by atoms with E-state index in [-0.39, 0.29) is 29.1 Å². The second-order valence-electron chi connectivity index (χ2n) is 9.39. The molecule has 40 heavy (non-hydrogen) atoms. The fourth-order valence-electron chi connectivity index (χ4n) is 4.65. The number of nitrogens with one attached hydrogen (secondary N) is 1. The first-order valence-electron chi connectivity index (χ1n) is 12.9. The maximum atomic E-state index is 13.9. The number of fused-ring (bicyclic) bond motifs is 1. The summed E-state index contributed by atoms with van der Waals surface area (Å²) in [5, 5.41) is 15.3. The van der Waals surface area contributed by atoms with Gasteiger partial charge in [-0.25, -0.2) is 14.6 Å². The summed E-state index contributed by atoms with van der Waals surface area (Å²) < 4.78 is 44.7. The summed E-state index contributed by atoms with van der Waals surface area (Å²) in [5.41, 5.74) is 2.67. The maximum absolute atomic E-state index is 13.9. The van der Waals surface area contributed by atoms with E-state index in [9.17, 15) is 18.0 Å². The van der Waals surface area contributed by atoms with E-state index in [0.717, 1.165) is 11.4 Å². The van der Waals surface area contributed by atoms with Gasteiger partial charge in [0.05, 0.1) is 22.3 Å². The van der Waals surface area contributed by atoms with E-state index in [2.05, 4.69) is 30.6 Å². The Morgan fingerprint density at radius 3 is 2.50 bits per heavy atom. The van der Waals surface area contributed by atoms with Gasteiger partial charge >= 0.3 is 6.18 Å². The van der Waals surface area contributed by atoms with Crippen LogP contribution in [0.3, 0.4) is 0 Å². The van der Waals surface area contributed by atoms with Crippen LogP contribution in [0.25, 0.3) is 22.7 Å². The Kier molecular flexibility index (Phi) is 7.09. The lowest BCUT2D eigenvalue weighted by molar-refractivity contribution is -0.141. The summed E-state index contributed by atoms with van der Waals surface area (Å²) >= 11 is 0. The molecular formula is C28H27F3N8O. The molecular weight excluding hydrogens is 521 g/mol. The van der Waals surface area contributed by atoms with E-state index in [1.54, 1.807) is 30.0 Å². The Morgan fingerprint density at radius 1 is 1.05 bits per heavy atom. The predicted octanol–water partition coefficient (Wildman–Crippen LogP) is 6.18. The number of carbonyl (C=O) groups excluding carboxylic acids is 1. The molecule has 0 atom stereocenters. The number of pyridine rings is 1. The molecule has 9 nitrogen and oxygen atoms in total. The quantitative estimate of drug-likeness (QED) is 0.231. The van der Waals surface area contributed by atoms with Gasteiger partial charge in [-0.3, -0.25) is 9.36 Å². The molecule has 0 radical (unpaired) electrons. The summed E-state index contributed by atoms with van der Waals surface area (Å²) in [5.74, 6) is 0.695. The fraction of sp³-hybridized carbons (Fsp3) is 0.286. The van der Waals surface area contributed by atoms with Crippen LogP contribution in [0.5, 0.6) is 0 Å². The molecule has 4 heterocycles. The number of carbonyl (C=O) groups is 1. The van der Waals surface area contributed by atoms with Crippen molar-refractivity contribution in [3.63, 3.8) is 0 Å². The van der Waals surface area contributed by atoms with Crippen molar-refractivity contribution in [3.05, 3.63) is 77.0 Å². The first-order valence-corrected chi connectivity index (χ1v) is 12.9. The van der Waals surface area contributed by atoms with Gasteiger partial charge in [0.2, 0.25) is 0 Å². The maximum Gasteiger partial charge on any atom is 0.435 e. The van der Waals surface area contributed by atoms with E-state index in [0.29, 0.717) is 41.2 Å². The van der Waals surface area contributed by atoms with E-state index < -0.39 is 11.9 Å². The summed E-state index contributed by atoms with van der Waals surface area (Å²) in [7, 11) is 0. The van der Waals surface area contributed by atoms with Crippen molar-refractivity contribution in [1.29, 1.82) is 0 Å². The zero-order chi connectivity index (χ0) is 28.6. The molecule has 1 aromatic carbocycles. The molecule has 0 fully saturated rings. The van der Waals surface area contributed by atoms with E-state index >= 15 is 0 Å². The number of Topliss-reactive ketones (excluding diaryl/α,β-unsaturated/α-hetero) is 1. The number of benzene rings is 1. The highest BCUT2D eigenvalue weighted by Crippen LogP contribution is 2.35. The molecule has 0 bridgehead atoms. The fourth-order valence-corrected chi connectivity index (χ4v) is 4.65. The molecule has 1 N–H and O–H groups in total. The smallest absolute Gasteiger partial charge is 0.339 e. The minimum absolute atomic E-state index is 0.0525. The Hall–Kier alpha value is -4.61. The highest BCUT2D eigenvalue weighted by atomic mass is 19.4. The molecule has 0 saturated heterocycles. The lowest BCUT2D eigenvalue weighted by atomic mass is 10.1. The molecule has 0 saturated carbocycles. The third-order valence-corrected chi connectivity index (χ3v) is 6.50. The van der Waals surface area contributed by atoms with E-state index in [1.165, 1.54) is 11.6 Å². The van der Waals surface area contributed by atoms with Crippen LogP contribution in [0.1, 0.15) is 60.2 Å². The van der Waals surface area contributed by atoms with Crippen LogP contribution < -0.4 is 5.32 Å². The summed E-state index contributed by atoms with van der Waals surface area (Å²) in [6.45, 7) is 6.75. The number of alkyl halides is 3. The van der Waals surface area contributed by atoms with Crippen LogP contribution in [0, 0.1) is 6.92 Å². The normalized spacial score (nSPS) is 11.8. The number of ketones is 1. The number of nitrogens with zero attached hydrogens (tertiary/aromatic N) is 7. The Labute approximate surface area is 228 Å². The predicted molar refractivity (Wildman–Crippen MR) is 144 cm³/mol. The van der Waals surface area contributed by atoms with Crippen LogP contribution in [-0.2, 0) is 19.0 Å². The number of anilines is 2. The average Bonchev–Trinajstić information content (AvgIpc) is 3.51. The molecule has 0 aliphatic heterocycles. The van der Waals surface area contributed by atoms with Crippen LogP contribution in [0.4, 0.5) is 24.7 Å². The van der Waals surface area contributed by atoms with Gasteiger partial charge in [0.25, 0.3) is 0 Å². The number of rotatable bonds is 8. The first-order chi connectivity index (χ1) is 19.1. The van der Waals surface area contributed by atoms with Gasteiger partial charge in [-0.05, 0) is 69.2 Å². The minimum Gasteiger partial charge on any atom is -0.339 e.